The minimum atomic E-state index is -3.22. The van der Waals surface area contributed by atoms with Crippen molar-refractivity contribution in [2.45, 2.75) is 24.8 Å². The maximum absolute atomic E-state index is 11.7. The number of sulfone groups is 1. The van der Waals surface area contributed by atoms with Gasteiger partial charge in [0.15, 0.2) is 9.84 Å². The average Bonchev–Trinajstić information content (AvgIpc) is 3.21. The molecule has 4 aromatic rings. The lowest BCUT2D eigenvalue weighted by Crippen LogP contribution is -2.12. The number of hydrogen-bond acceptors (Lipinski definition) is 7. The Balaban J connectivity index is 1.82. The van der Waals surface area contributed by atoms with Gasteiger partial charge < -0.3 is 5.32 Å². The summed E-state index contributed by atoms with van der Waals surface area (Å²) in [5, 5.41) is 15.3. The number of nitrogens with one attached hydrogen (secondary N) is 1. The van der Waals surface area contributed by atoms with Gasteiger partial charge in [-0.15, -0.1) is 21.5 Å². The lowest BCUT2D eigenvalue weighted by Gasteiger charge is -2.16. The van der Waals surface area contributed by atoms with Crippen LogP contribution in [0.3, 0.4) is 0 Å². The minimum absolute atomic E-state index is 0.225. The van der Waals surface area contributed by atoms with Crippen molar-refractivity contribution < 1.29 is 8.42 Å². The predicted octanol–water partition coefficient (Wildman–Crippen LogP) is 4.64. The first-order chi connectivity index (χ1) is 13.8. The Bertz CT molecular complexity index is 1270. The first-order valence-electron chi connectivity index (χ1n) is 9.09. The number of rotatable bonds is 5. The molecule has 0 spiro atoms. The van der Waals surface area contributed by atoms with Crippen LogP contribution in [-0.4, -0.2) is 35.9 Å². The summed E-state index contributed by atoms with van der Waals surface area (Å²) < 4.78 is 23.4. The van der Waals surface area contributed by atoms with Crippen LogP contribution in [0.1, 0.15) is 13.8 Å². The fourth-order valence-corrected chi connectivity index (χ4v) is 4.29. The van der Waals surface area contributed by atoms with E-state index < -0.39 is 9.84 Å². The number of nitrogens with zero attached hydrogens (tertiary/aromatic N) is 3. The lowest BCUT2D eigenvalue weighted by molar-refractivity contribution is 0.602. The maximum atomic E-state index is 11.7. The van der Waals surface area contributed by atoms with E-state index in [1.54, 1.807) is 17.6 Å². The molecule has 0 aliphatic carbocycles. The zero-order chi connectivity index (χ0) is 20.6. The van der Waals surface area contributed by atoms with Gasteiger partial charge in [0.25, 0.3) is 0 Å². The highest BCUT2D eigenvalue weighted by Crippen LogP contribution is 2.34. The predicted molar refractivity (Wildman–Crippen MR) is 118 cm³/mol. The van der Waals surface area contributed by atoms with Gasteiger partial charge in [0.1, 0.15) is 11.4 Å². The van der Waals surface area contributed by atoms with Crippen LogP contribution in [0.5, 0.6) is 0 Å². The second kappa shape index (κ2) is 7.53. The summed E-state index contributed by atoms with van der Waals surface area (Å²) in [4.78, 5) is 4.69. The molecule has 0 unspecified atom stereocenters. The molecule has 148 valence electrons. The highest BCUT2D eigenvalue weighted by molar-refractivity contribution is 7.90. The van der Waals surface area contributed by atoms with Crippen LogP contribution < -0.4 is 5.32 Å². The molecule has 0 radical (unpaired) electrons. The van der Waals surface area contributed by atoms with E-state index in [-0.39, 0.29) is 6.04 Å². The van der Waals surface area contributed by atoms with Crippen molar-refractivity contribution in [3.8, 4) is 22.5 Å². The van der Waals surface area contributed by atoms with Crippen LogP contribution >= 0.6 is 11.3 Å². The molecule has 6 nitrogen and oxygen atoms in total. The first kappa shape index (κ1) is 19.5. The van der Waals surface area contributed by atoms with Gasteiger partial charge >= 0.3 is 0 Å². The van der Waals surface area contributed by atoms with E-state index in [0.29, 0.717) is 4.90 Å². The Hall–Kier alpha value is -2.84. The fourth-order valence-electron chi connectivity index (χ4n) is 3.12. The molecule has 2 heterocycles. The Morgan fingerprint density at radius 1 is 1.00 bits per heavy atom. The van der Waals surface area contributed by atoms with Gasteiger partial charge in [-0.3, -0.25) is 0 Å². The van der Waals surface area contributed by atoms with Gasteiger partial charge in [-0.05, 0) is 49.2 Å². The zero-order valence-electron chi connectivity index (χ0n) is 16.2. The number of hydrogen-bond donors (Lipinski definition) is 1. The van der Waals surface area contributed by atoms with E-state index >= 15 is 0 Å². The molecule has 0 bridgehead atoms. The number of benzene rings is 2. The maximum Gasteiger partial charge on any atom is 0.175 e. The van der Waals surface area contributed by atoms with Crippen molar-refractivity contribution in [3.63, 3.8) is 0 Å². The van der Waals surface area contributed by atoms with Gasteiger partial charge in [-0.2, -0.15) is 0 Å². The Kier molecular flexibility index (Phi) is 5.06. The SMILES string of the molecule is CC(C)Nc1c(-c2cscn2)nnc2cc(-c3ccc(S(C)(=O)=O)cc3)ccc12. The molecular formula is C21H20N4O2S2. The third-order valence-electron chi connectivity index (χ3n) is 4.49. The van der Waals surface area contributed by atoms with Crippen LogP contribution in [-0.2, 0) is 9.84 Å². The summed E-state index contributed by atoms with van der Waals surface area (Å²) in [6.07, 6.45) is 1.21. The molecule has 0 fully saturated rings. The topological polar surface area (TPSA) is 84.8 Å². The summed E-state index contributed by atoms with van der Waals surface area (Å²) in [5.41, 5.74) is 6.85. The van der Waals surface area contributed by atoms with Crippen molar-refractivity contribution in [2.75, 3.05) is 11.6 Å². The molecular weight excluding hydrogens is 404 g/mol. The molecule has 1 N–H and O–H groups in total. The van der Waals surface area contributed by atoms with Gasteiger partial charge in [0.2, 0.25) is 0 Å². The minimum Gasteiger partial charge on any atom is -0.380 e. The molecule has 29 heavy (non-hydrogen) atoms. The lowest BCUT2D eigenvalue weighted by atomic mass is 10.0. The smallest absolute Gasteiger partial charge is 0.175 e. The normalized spacial score (nSPS) is 11.9. The summed E-state index contributed by atoms with van der Waals surface area (Å²) in [6.45, 7) is 4.16. The van der Waals surface area contributed by atoms with Crippen LogP contribution in [0.4, 0.5) is 5.69 Å². The van der Waals surface area contributed by atoms with Crippen LogP contribution in [0.15, 0.2) is 58.3 Å². The summed E-state index contributed by atoms with van der Waals surface area (Å²) >= 11 is 1.52. The van der Waals surface area contributed by atoms with E-state index in [1.807, 2.05) is 35.7 Å². The van der Waals surface area contributed by atoms with Crippen LogP contribution in [0.2, 0.25) is 0 Å². The van der Waals surface area contributed by atoms with Crippen molar-refractivity contribution in [1.82, 2.24) is 15.2 Å². The quantitative estimate of drug-likeness (QED) is 0.502. The zero-order valence-corrected chi connectivity index (χ0v) is 17.9. The molecule has 0 aliphatic heterocycles. The molecule has 2 aromatic carbocycles. The van der Waals surface area contributed by atoms with Gasteiger partial charge in [-0.1, -0.05) is 18.2 Å². The Labute approximate surface area is 173 Å². The highest BCUT2D eigenvalue weighted by Gasteiger charge is 2.16. The third-order valence-corrected chi connectivity index (χ3v) is 6.20. The number of thiazole rings is 1. The summed E-state index contributed by atoms with van der Waals surface area (Å²) in [5.74, 6) is 0. The Morgan fingerprint density at radius 3 is 2.34 bits per heavy atom. The summed E-state index contributed by atoms with van der Waals surface area (Å²) in [6, 6.07) is 13.1. The van der Waals surface area contributed by atoms with Gasteiger partial charge in [0, 0.05) is 23.1 Å². The monoisotopic (exact) mass is 424 g/mol. The van der Waals surface area contributed by atoms with E-state index in [1.165, 1.54) is 17.6 Å². The number of anilines is 1. The average molecular weight is 425 g/mol. The van der Waals surface area contributed by atoms with E-state index in [2.05, 4.69) is 34.3 Å². The van der Waals surface area contributed by atoms with E-state index in [4.69, 9.17) is 0 Å². The molecule has 4 rings (SSSR count). The second-order valence-corrected chi connectivity index (χ2v) is 9.86. The van der Waals surface area contributed by atoms with Crippen LogP contribution in [0, 0.1) is 0 Å². The number of fused-ring (bicyclic) bond motifs is 1. The van der Waals surface area contributed by atoms with Crippen molar-refractivity contribution in [3.05, 3.63) is 53.4 Å². The van der Waals surface area contributed by atoms with E-state index in [9.17, 15) is 8.42 Å². The molecule has 8 heteroatoms. The highest BCUT2D eigenvalue weighted by atomic mass is 32.2. The van der Waals surface area contributed by atoms with Crippen LogP contribution in [0.25, 0.3) is 33.4 Å². The van der Waals surface area contributed by atoms with E-state index in [0.717, 1.165) is 39.1 Å². The summed E-state index contributed by atoms with van der Waals surface area (Å²) in [7, 11) is -3.22. The van der Waals surface area contributed by atoms with Crippen molar-refractivity contribution in [2.24, 2.45) is 0 Å². The largest absolute Gasteiger partial charge is 0.380 e. The molecule has 0 aliphatic rings. The van der Waals surface area contributed by atoms with Gasteiger partial charge in [-0.25, -0.2) is 13.4 Å². The first-order valence-corrected chi connectivity index (χ1v) is 11.9. The second-order valence-electron chi connectivity index (χ2n) is 7.12. The van der Waals surface area contributed by atoms with Gasteiger partial charge in [0.05, 0.1) is 21.6 Å². The molecule has 0 amide bonds. The Morgan fingerprint density at radius 2 is 1.72 bits per heavy atom. The molecule has 2 aromatic heterocycles. The third kappa shape index (κ3) is 3.99. The van der Waals surface area contributed by atoms with Crippen molar-refractivity contribution >= 4 is 37.8 Å². The van der Waals surface area contributed by atoms with Crippen molar-refractivity contribution in [1.29, 1.82) is 0 Å². The molecule has 0 atom stereocenters. The standard InChI is InChI=1S/C21H20N4O2S2/c1-13(2)23-20-17-9-6-15(14-4-7-16(8-5-14)29(3,26)27)10-18(17)24-25-21(20)19-11-28-12-22-19/h4-13H,1-3H3,(H,23,24). The fraction of sp³-hybridized carbons (Fsp3) is 0.190. The molecule has 0 saturated carbocycles. The number of aromatic nitrogens is 3. The molecule has 0 saturated heterocycles.